The number of carboxylic acids is 1. The first-order valence-corrected chi connectivity index (χ1v) is 6.86. The first-order valence-electron chi connectivity index (χ1n) is 6.86. The summed E-state index contributed by atoms with van der Waals surface area (Å²) in [6.07, 6.45) is 3.11. The number of anilines is 2. The van der Waals surface area contributed by atoms with Crippen molar-refractivity contribution in [3.05, 3.63) is 59.9 Å². The van der Waals surface area contributed by atoms with Crippen LogP contribution in [0.2, 0.25) is 0 Å². The number of hydrogen-bond acceptors (Lipinski definition) is 6. The topological polar surface area (TPSA) is 131 Å². The molecule has 1 amide bonds. The van der Waals surface area contributed by atoms with Crippen molar-refractivity contribution in [3.63, 3.8) is 0 Å². The molecular formula is C16H12N4O4. The van der Waals surface area contributed by atoms with E-state index >= 15 is 0 Å². The van der Waals surface area contributed by atoms with Crippen LogP contribution in [0.1, 0.15) is 20.7 Å². The Morgan fingerprint density at radius 3 is 2.75 bits per heavy atom. The number of nitrogen functional groups attached to an aromatic ring is 1. The summed E-state index contributed by atoms with van der Waals surface area (Å²) in [4.78, 5) is 27.5. The summed E-state index contributed by atoms with van der Waals surface area (Å²) in [5, 5.41) is 15.4. The Labute approximate surface area is 135 Å². The third-order valence-electron chi connectivity index (χ3n) is 3.25. The molecule has 0 saturated carbocycles. The average molecular weight is 324 g/mol. The molecule has 0 aliphatic carbocycles. The van der Waals surface area contributed by atoms with Gasteiger partial charge in [-0.15, -0.1) is 0 Å². The summed E-state index contributed by atoms with van der Waals surface area (Å²) >= 11 is 0. The number of aromatic carboxylic acids is 1. The van der Waals surface area contributed by atoms with E-state index in [1.165, 1.54) is 24.4 Å². The number of carbonyl (C=O) groups is 2. The van der Waals surface area contributed by atoms with Gasteiger partial charge in [0.15, 0.2) is 0 Å². The van der Waals surface area contributed by atoms with Gasteiger partial charge in [-0.05, 0) is 30.3 Å². The molecule has 0 unspecified atom stereocenters. The molecule has 1 aromatic carbocycles. The lowest BCUT2D eigenvalue weighted by atomic mass is 10.1. The van der Waals surface area contributed by atoms with E-state index in [4.69, 9.17) is 15.4 Å². The van der Waals surface area contributed by atoms with Crippen molar-refractivity contribution >= 4 is 23.4 Å². The van der Waals surface area contributed by atoms with Crippen LogP contribution in [0.25, 0.3) is 11.3 Å². The first-order chi connectivity index (χ1) is 11.6. The van der Waals surface area contributed by atoms with Crippen LogP contribution in [0.15, 0.2) is 53.3 Å². The Bertz CT molecular complexity index is 905. The minimum absolute atomic E-state index is 0.0542. The molecule has 2 heterocycles. The largest absolute Gasteiger partial charge is 0.478 e. The number of nitrogens with two attached hydrogens (primary N) is 1. The Kier molecular flexibility index (Phi) is 3.94. The fourth-order valence-electron chi connectivity index (χ4n) is 2.15. The van der Waals surface area contributed by atoms with Gasteiger partial charge < -0.3 is 20.7 Å². The molecule has 0 spiro atoms. The van der Waals surface area contributed by atoms with Crippen LogP contribution in [0, 0.1) is 0 Å². The minimum atomic E-state index is -1.09. The summed E-state index contributed by atoms with van der Waals surface area (Å²) in [6, 6.07) is 9.26. The Hall–Kier alpha value is -3.68. The zero-order chi connectivity index (χ0) is 17.1. The van der Waals surface area contributed by atoms with Gasteiger partial charge in [-0.25, -0.2) is 4.79 Å². The normalized spacial score (nSPS) is 10.3. The highest BCUT2D eigenvalue weighted by molar-refractivity contribution is 6.11. The van der Waals surface area contributed by atoms with Crippen molar-refractivity contribution in [2.75, 3.05) is 11.1 Å². The third-order valence-corrected chi connectivity index (χ3v) is 3.25. The average Bonchev–Trinajstić information content (AvgIpc) is 2.97. The van der Waals surface area contributed by atoms with Crippen LogP contribution in [-0.2, 0) is 0 Å². The summed E-state index contributed by atoms with van der Waals surface area (Å²) in [6.45, 7) is 0. The molecule has 0 saturated heterocycles. The van der Waals surface area contributed by atoms with Gasteiger partial charge in [0.1, 0.15) is 11.3 Å². The lowest BCUT2D eigenvalue weighted by Gasteiger charge is -2.06. The van der Waals surface area contributed by atoms with Gasteiger partial charge in [0.25, 0.3) is 5.91 Å². The molecule has 0 radical (unpaired) electrons. The quantitative estimate of drug-likeness (QED) is 0.670. The van der Waals surface area contributed by atoms with E-state index < -0.39 is 11.9 Å². The molecule has 120 valence electrons. The smallest absolute Gasteiger partial charge is 0.335 e. The number of aromatic nitrogens is 2. The predicted octanol–water partition coefficient (Wildman–Crippen LogP) is 2.27. The van der Waals surface area contributed by atoms with Crippen molar-refractivity contribution < 1.29 is 19.2 Å². The highest BCUT2D eigenvalue weighted by atomic mass is 16.5. The monoisotopic (exact) mass is 324 g/mol. The summed E-state index contributed by atoms with van der Waals surface area (Å²) in [5.74, 6) is -1.79. The fraction of sp³-hybridized carbons (Fsp3) is 0. The van der Waals surface area contributed by atoms with Crippen molar-refractivity contribution in [2.45, 2.75) is 0 Å². The number of amides is 1. The Morgan fingerprint density at radius 1 is 1.21 bits per heavy atom. The standard InChI is InChI=1S/C16H12N4O4/c17-14-12(13(20-24-14)10-4-2-6-18-8-10)15(21)19-11-5-1-3-9(7-11)16(22)23/h1-8H,17H2,(H,19,21)(H,22,23). The van der Waals surface area contributed by atoms with E-state index in [0.717, 1.165) is 0 Å². The first kappa shape index (κ1) is 15.2. The highest BCUT2D eigenvalue weighted by Crippen LogP contribution is 2.27. The van der Waals surface area contributed by atoms with Gasteiger partial charge >= 0.3 is 5.97 Å². The van der Waals surface area contributed by atoms with Gasteiger partial charge in [0, 0.05) is 23.6 Å². The molecule has 2 aromatic heterocycles. The number of nitrogens with zero attached hydrogens (tertiary/aromatic N) is 2. The lowest BCUT2D eigenvalue weighted by Crippen LogP contribution is -2.14. The Morgan fingerprint density at radius 2 is 2.04 bits per heavy atom. The van der Waals surface area contributed by atoms with Crippen LogP contribution in [0.3, 0.4) is 0 Å². The van der Waals surface area contributed by atoms with E-state index in [0.29, 0.717) is 11.3 Å². The molecule has 8 heteroatoms. The zero-order valence-electron chi connectivity index (χ0n) is 12.3. The number of rotatable bonds is 4. The summed E-state index contributed by atoms with van der Waals surface area (Å²) in [5.41, 5.74) is 6.97. The van der Waals surface area contributed by atoms with Crippen LogP contribution < -0.4 is 11.1 Å². The van der Waals surface area contributed by atoms with Crippen molar-refractivity contribution in [1.82, 2.24) is 10.1 Å². The molecule has 0 fully saturated rings. The lowest BCUT2D eigenvalue weighted by molar-refractivity contribution is 0.0696. The second kappa shape index (κ2) is 6.21. The molecule has 3 aromatic rings. The second-order valence-electron chi connectivity index (χ2n) is 4.85. The van der Waals surface area contributed by atoms with E-state index in [1.807, 2.05) is 0 Å². The molecule has 8 nitrogen and oxygen atoms in total. The molecule has 0 bridgehead atoms. The van der Waals surface area contributed by atoms with Crippen LogP contribution in [0.4, 0.5) is 11.6 Å². The van der Waals surface area contributed by atoms with Crippen LogP contribution >= 0.6 is 0 Å². The zero-order valence-corrected chi connectivity index (χ0v) is 12.3. The number of benzene rings is 1. The molecular weight excluding hydrogens is 312 g/mol. The maximum Gasteiger partial charge on any atom is 0.335 e. The third kappa shape index (κ3) is 2.93. The van der Waals surface area contributed by atoms with E-state index in [2.05, 4.69) is 15.5 Å². The maximum absolute atomic E-state index is 12.5. The van der Waals surface area contributed by atoms with Crippen molar-refractivity contribution in [1.29, 1.82) is 0 Å². The van der Waals surface area contributed by atoms with E-state index in [1.54, 1.807) is 24.4 Å². The SMILES string of the molecule is Nc1onc(-c2cccnc2)c1C(=O)Nc1cccc(C(=O)O)c1. The van der Waals surface area contributed by atoms with Crippen molar-refractivity contribution in [2.24, 2.45) is 0 Å². The van der Waals surface area contributed by atoms with Crippen molar-refractivity contribution in [3.8, 4) is 11.3 Å². The van der Waals surface area contributed by atoms with Gasteiger partial charge in [-0.1, -0.05) is 11.2 Å². The fourth-order valence-corrected chi connectivity index (χ4v) is 2.15. The summed E-state index contributed by atoms with van der Waals surface area (Å²) in [7, 11) is 0. The van der Waals surface area contributed by atoms with Gasteiger partial charge in [0.05, 0.1) is 5.56 Å². The molecule has 0 atom stereocenters. The van der Waals surface area contributed by atoms with Crippen LogP contribution in [0.5, 0.6) is 0 Å². The molecule has 0 aliphatic rings. The predicted molar refractivity (Wildman–Crippen MR) is 85.5 cm³/mol. The molecule has 0 aliphatic heterocycles. The van der Waals surface area contributed by atoms with Gasteiger partial charge in [0.2, 0.25) is 5.88 Å². The molecule has 3 rings (SSSR count). The molecule has 4 N–H and O–H groups in total. The van der Waals surface area contributed by atoms with E-state index in [9.17, 15) is 9.59 Å². The minimum Gasteiger partial charge on any atom is -0.478 e. The molecule has 24 heavy (non-hydrogen) atoms. The maximum atomic E-state index is 12.5. The number of nitrogens with one attached hydrogen (secondary N) is 1. The van der Waals surface area contributed by atoms with E-state index in [-0.39, 0.29) is 22.7 Å². The summed E-state index contributed by atoms with van der Waals surface area (Å²) < 4.78 is 4.92. The highest BCUT2D eigenvalue weighted by Gasteiger charge is 2.23. The Balaban J connectivity index is 1.93. The number of hydrogen-bond donors (Lipinski definition) is 3. The van der Waals surface area contributed by atoms with Crippen LogP contribution in [-0.4, -0.2) is 27.1 Å². The number of carboxylic acid groups (broad SMARTS) is 1. The van der Waals surface area contributed by atoms with Gasteiger partial charge in [-0.3, -0.25) is 9.78 Å². The second-order valence-corrected chi connectivity index (χ2v) is 4.85. The number of carbonyl (C=O) groups excluding carboxylic acids is 1. The number of pyridine rings is 1. The van der Waals surface area contributed by atoms with Gasteiger partial charge in [-0.2, -0.15) is 0 Å².